The minimum atomic E-state index is -0.787. The van der Waals surface area contributed by atoms with Crippen molar-refractivity contribution in [1.29, 1.82) is 0 Å². The molecule has 1 saturated heterocycles. The van der Waals surface area contributed by atoms with E-state index in [4.69, 9.17) is 0 Å². The Hall–Kier alpha value is -2.37. The molecule has 0 unspecified atom stereocenters. The number of amides is 4. The number of carbonyl (C=O) groups is 3. The van der Waals surface area contributed by atoms with Crippen molar-refractivity contribution in [2.75, 3.05) is 13.1 Å². The van der Waals surface area contributed by atoms with Crippen molar-refractivity contribution in [3.63, 3.8) is 0 Å². The number of nitrogens with one attached hydrogen (secondary N) is 2. The first kappa shape index (κ1) is 19.4. The summed E-state index contributed by atoms with van der Waals surface area (Å²) in [6, 6.07) is 7.69. The van der Waals surface area contributed by atoms with Crippen molar-refractivity contribution in [3.8, 4) is 0 Å². The van der Waals surface area contributed by atoms with Gasteiger partial charge in [-0.05, 0) is 50.5 Å². The van der Waals surface area contributed by atoms with Gasteiger partial charge in [0.1, 0.15) is 12.1 Å². The van der Waals surface area contributed by atoms with E-state index in [1.807, 2.05) is 25.1 Å². The first-order valence-electron chi connectivity index (χ1n) is 9.90. The highest BCUT2D eigenvalue weighted by Gasteiger charge is 2.52. The van der Waals surface area contributed by atoms with E-state index < -0.39 is 11.6 Å². The van der Waals surface area contributed by atoms with Crippen molar-refractivity contribution in [1.82, 2.24) is 15.5 Å². The van der Waals surface area contributed by atoms with Gasteiger partial charge in [-0.3, -0.25) is 14.5 Å². The summed E-state index contributed by atoms with van der Waals surface area (Å²) in [5, 5.41) is 5.68. The number of benzene rings is 1. The first-order valence-corrected chi connectivity index (χ1v) is 9.90. The fourth-order valence-electron chi connectivity index (χ4n) is 4.15. The average Bonchev–Trinajstić information content (AvgIpc) is 2.87. The molecule has 1 heterocycles. The van der Waals surface area contributed by atoms with E-state index in [0.29, 0.717) is 25.3 Å². The van der Waals surface area contributed by atoms with E-state index in [9.17, 15) is 14.4 Å². The van der Waals surface area contributed by atoms with Crippen LogP contribution < -0.4 is 10.6 Å². The molecule has 2 fully saturated rings. The Morgan fingerprint density at radius 3 is 2.70 bits per heavy atom. The standard InChI is InChI=1S/C21H29N3O3/c1-3-16-7-10-21(11-8-16)19(26)24(20(27)23-21)14-18(25)22-12-9-17-6-4-5-15(2)13-17/h4-6,13,16H,3,7-12,14H2,1-2H3,(H,22,25)(H,23,27). The van der Waals surface area contributed by atoms with Crippen LogP contribution in [0.4, 0.5) is 4.79 Å². The summed E-state index contributed by atoms with van der Waals surface area (Å²) in [5.74, 6) is 0.0839. The van der Waals surface area contributed by atoms with Gasteiger partial charge in [0.2, 0.25) is 5.91 Å². The van der Waals surface area contributed by atoms with Gasteiger partial charge in [0.25, 0.3) is 5.91 Å². The van der Waals surface area contributed by atoms with Gasteiger partial charge in [0.15, 0.2) is 0 Å². The summed E-state index contributed by atoms with van der Waals surface area (Å²) in [5.41, 5.74) is 1.54. The quantitative estimate of drug-likeness (QED) is 0.755. The molecule has 0 bridgehead atoms. The molecule has 1 aromatic carbocycles. The number of rotatable bonds is 6. The van der Waals surface area contributed by atoms with Crippen LogP contribution in [0, 0.1) is 12.8 Å². The molecule has 1 aliphatic heterocycles. The highest BCUT2D eigenvalue weighted by atomic mass is 16.2. The molecule has 146 valence electrons. The van der Waals surface area contributed by atoms with E-state index in [1.54, 1.807) is 0 Å². The lowest BCUT2D eigenvalue weighted by Crippen LogP contribution is -2.50. The van der Waals surface area contributed by atoms with Crippen molar-refractivity contribution in [3.05, 3.63) is 35.4 Å². The zero-order valence-electron chi connectivity index (χ0n) is 16.2. The van der Waals surface area contributed by atoms with Crippen LogP contribution in [-0.2, 0) is 16.0 Å². The summed E-state index contributed by atoms with van der Waals surface area (Å²) in [4.78, 5) is 38.4. The molecule has 2 aliphatic rings. The van der Waals surface area contributed by atoms with Gasteiger partial charge in [-0.2, -0.15) is 0 Å². The van der Waals surface area contributed by atoms with Crippen molar-refractivity contribution < 1.29 is 14.4 Å². The molecule has 1 spiro atoms. The molecule has 6 heteroatoms. The van der Waals surface area contributed by atoms with Crippen molar-refractivity contribution >= 4 is 17.8 Å². The summed E-state index contributed by atoms with van der Waals surface area (Å²) in [7, 11) is 0. The molecule has 1 aromatic rings. The third-order valence-electron chi connectivity index (χ3n) is 5.90. The number of aryl methyl sites for hydroxylation is 1. The molecule has 6 nitrogen and oxygen atoms in total. The number of imide groups is 1. The molecule has 0 atom stereocenters. The average molecular weight is 371 g/mol. The lowest BCUT2D eigenvalue weighted by atomic mass is 9.75. The van der Waals surface area contributed by atoms with Crippen molar-refractivity contribution in [2.45, 2.75) is 57.9 Å². The molecular formula is C21H29N3O3. The Morgan fingerprint density at radius 2 is 2.04 bits per heavy atom. The van der Waals surface area contributed by atoms with Gasteiger partial charge >= 0.3 is 6.03 Å². The number of hydrogen-bond acceptors (Lipinski definition) is 3. The zero-order valence-corrected chi connectivity index (χ0v) is 16.2. The van der Waals surface area contributed by atoms with Crippen LogP contribution in [0.3, 0.4) is 0 Å². The highest BCUT2D eigenvalue weighted by molar-refractivity contribution is 6.09. The number of urea groups is 1. The lowest BCUT2D eigenvalue weighted by molar-refractivity contribution is -0.136. The number of carbonyl (C=O) groups excluding carboxylic acids is 3. The fraction of sp³-hybridized carbons (Fsp3) is 0.571. The number of hydrogen-bond donors (Lipinski definition) is 2. The molecule has 2 N–H and O–H groups in total. The second-order valence-electron chi connectivity index (χ2n) is 7.84. The summed E-state index contributed by atoms with van der Waals surface area (Å²) >= 11 is 0. The van der Waals surface area contributed by atoms with Crippen molar-refractivity contribution in [2.24, 2.45) is 5.92 Å². The minimum absolute atomic E-state index is 0.211. The molecule has 1 saturated carbocycles. The van der Waals surface area contributed by atoms with Crippen LogP contribution in [0.1, 0.15) is 50.2 Å². The van der Waals surface area contributed by atoms with E-state index in [2.05, 4.69) is 23.6 Å². The normalized spacial score (nSPS) is 25.0. The van der Waals surface area contributed by atoms with Crippen LogP contribution in [-0.4, -0.2) is 41.4 Å². The molecular weight excluding hydrogens is 342 g/mol. The predicted molar refractivity (Wildman–Crippen MR) is 103 cm³/mol. The Balaban J connectivity index is 1.50. The largest absolute Gasteiger partial charge is 0.354 e. The third kappa shape index (κ3) is 4.31. The van der Waals surface area contributed by atoms with Gasteiger partial charge in [-0.25, -0.2) is 4.79 Å². The molecule has 1 aliphatic carbocycles. The van der Waals surface area contributed by atoms with Gasteiger partial charge in [-0.1, -0.05) is 43.2 Å². The second-order valence-corrected chi connectivity index (χ2v) is 7.84. The second kappa shape index (κ2) is 8.11. The Kier molecular flexibility index (Phi) is 5.82. The molecule has 0 radical (unpaired) electrons. The molecule has 3 rings (SSSR count). The van der Waals surface area contributed by atoms with Crippen LogP contribution in [0.5, 0.6) is 0 Å². The smallest absolute Gasteiger partial charge is 0.325 e. The van der Waals surface area contributed by atoms with Crippen LogP contribution >= 0.6 is 0 Å². The summed E-state index contributed by atoms with van der Waals surface area (Å²) in [6.07, 6.45) is 5.04. The fourth-order valence-corrected chi connectivity index (χ4v) is 4.15. The predicted octanol–water partition coefficient (Wildman–Crippen LogP) is 2.54. The lowest BCUT2D eigenvalue weighted by Gasteiger charge is -2.34. The van der Waals surface area contributed by atoms with Gasteiger partial charge < -0.3 is 10.6 Å². The maximum atomic E-state index is 12.8. The third-order valence-corrected chi connectivity index (χ3v) is 5.90. The minimum Gasteiger partial charge on any atom is -0.354 e. The Labute approximate surface area is 160 Å². The summed E-state index contributed by atoms with van der Waals surface area (Å²) < 4.78 is 0. The van der Waals surface area contributed by atoms with Crippen LogP contribution in [0.15, 0.2) is 24.3 Å². The SMILES string of the molecule is CCC1CCC2(CC1)NC(=O)N(CC(=O)NCCc1cccc(C)c1)C2=O. The molecule has 0 aromatic heterocycles. The molecule has 4 amide bonds. The Bertz CT molecular complexity index is 723. The van der Waals surface area contributed by atoms with Gasteiger partial charge in [0.05, 0.1) is 0 Å². The van der Waals surface area contributed by atoms with E-state index in [-0.39, 0.29) is 18.4 Å². The highest BCUT2D eigenvalue weighted by Crippen LogP contribution is 2.37. The number of nitrogens with zero attached hydrogens (tertiary/aromatic N) is 1. The molecule has 27 heavy (non-hydrogen) atoms. The van der Waals surface area contributed by atoms with E-state index >= 15 is 0 Å². The van der Waals surface area contributed by atoms with E-state index in [0.717, 1.165) is 36.1 Å². The topological polar surface area (TPSA) is 78.5 Å². The zero-order chi connectivity index (χ0) is 19.4. The maximum Gasteiger partial charge on any atom is 0.325 e. The van der Waals surface area contributed by atoms with Crippen LogP contribution in [0.2, 0.25) is 0 Å². The maximum absolute atomic E-state index is 12.8. The summed E-state index contributed by atoms with van der Waals surface area (Å²) in [6.45, 7) is 4.46. The van der Waals surface area contributed by atoms with Gasteiger partial charge in [-0.15, -0.1) is 0 Å². The first-order chi connectivity index (χ1) is 12.9. The van der Waals surface area contributed by atoms with Gasteiger partial charge in [0, 0.05) is 6.54 Å². The Morgan fingerprint density at radius 1 is 1.30 bits per heavy atom. The monoisotopic (exact) mass is 371 g/mol. The van der Waals surface area contributed by atoms with E-state index in [1.165, 1.54) is 5.56 Å². The van der Waals surface area contributed by atoms with Crippen LogP contribution in [0.25, 0.3) is 0 Å².